The first-order valence-corrected chi connectivity index (χ1v) is 8.58. The second-order valence-electron chi connectivity index (χ2n) is 5.73. The Morgan fingerprint density at radius 1 is 1.57 bits per heavy atom. The van der Waals surface area contributed by atoms with Gasteiger partial charge in [0, 0.05) is 23.8 Å². The molecule has 1 saturated carbocycles. The topological polar surface area (TPSA) is 78.4 Å². The second kappa shape index (κ2) is 5.79. The van der Waals surface area contributed by atoms with E-state index in [9.17, 15) is 8.76 Å². The van der Waals surface area contributed by atoms with E-state index in [1.54, 1.807) is 0 Å². The van der Waals surface area contributed by atoms with E-state index in [0.717, 1.165) is 30.9 Å². The van der Waals surface area contributed by atoms with E-state index in [4.69, 9.17) is 16.3 Å². The van der Waals surface area contributed by atoms with E-state index >= 15 is 0 Å². The fourth-order valence-corrected chi connectivity index (χ4v) is 3.81. The van der Waals surface area contributed by atoms with E-state index in [0.29, 0.717) is 13.2 Å². The molecule has 2 aliphatic rings. The maximum absolute atomic E-state index is 11.0. The van der Waals surface area contributed by atoms with Crippen molar-refractivity contribution in [1.82, 2.24) is 9.97 Å². The van der Waals surface area contributed by atoms with Crippen LogP contribution in [-0.4, -0.2) is 50.3 Å². The zero-order chi connectivity index (χ0) is 15.0. The molecule has 0 N–H and O–H groups in total. The number of rotatable bonds is 4. The van der Waals surface area contributed by atoms with Crippen LogP contribution in [0.5, 0.6) is 0 Å². The Morgan fingerprint density at radius 2 is 2.33 bits per heavy atom. The number of halogens is 1. The molecule has 0 spiro atoms. The molecular weight excluding hydrogens is 314 g/mol. The molecule has 2 fully saturated rings. The summed E-state index contributed by atoms with van der Waals surface area (Å²) >= 11 is 3.97. The summed E-state index contributed by atoms with van der Waals surface area (Å²) in [6.45, 7) is 4.10. The average molecular weight is 331 g/mol. The Hall–Kier alpha value is -0.760. The van der Waals surface area contributed by atoms with Gasteiger partial charge in [0.1, 0.15) is 5.82 Å². The van der Waals surface area contributed by atoms with Crippen molar-refractivity contribution in [2.24, 2.45) is 0 Å². The highest BCUT2D eigenvalue weighted by atomic mass is 35.5. The quantitative estimate of drug-likeness (QED) is 0.611. The highest BCUT2D eigenvalue weighted by molar-refractivity contribution is 7.79. The molecule has 21 heavy (non-hydrogen) atoms. The molecule has 8 heteroatoms. The van der Waals surface area contributed by atoms with Crippen LogP contribution in [0.15, 0.2) is 6.07 Å². The number of hydrogen-bond acceptors (Lipinski definition) is 6. The van der Waals surface area contributed by atoms with Gasteiger partial charge >= 0.3 is 0 Å². The van der Waals surface area contributed by atoms with Gasteiger partial charge in [0.25, 0.3) is 0 Å². The van der Waals surface area contributed by atoms with Gasteiger partial charge in [-0.15, -0.1) is 0 Å². The first-order valence-electron chi connectivity index (χ1n) is 6.95. The summed E-state index contributed by atoms with van der Waals surface area (Å²) in [5.74, 6) is 0.849. The molecule has 0 bridgehead atoms. The van der Waals surface area contributed by atoms with Gasteiger partial charge in [-0.2, -0.15) is 0 Å². The predicted molar refractivity (Wildman–Crippen MR) is 79.4 cm³/mol. The molecule has 2 heterocycles. The van der Waals surface area contributed by atoms with Crippen LogP contribution in [0.2, 0.25) is 5.28 Å². The molecule has 1 unspecified atom stereocenters. The lowest BCUT2D eigenvalue weighted by Crippen LogP contribution is -2.44. The van der Waals surface area contributed by atoms with Crippen LogP contribution in [0, 0.1) is 0 Å². The number of nitrogens with zero attached hydrogens (tertiary/aromatic N) is 3. The van der Waals surface area contributed by atoms with Crippen molar-refractivity contribution < 1.29 is 13.5 Å². The van der Waals surface area contributed by atoms with E-state index in [2.05, 4.69) is 21.8 Å². The summed E-state index contributed by atoms with van der Waals surface area (Å²) in [6, 6.07) is 2.09. The summed E-state index contributed by atoms with van der Waals surface area (Å²) in [5, 5.41) is 0.171. The van der Waals surface area contributed by atoms with Gasteiger partial charge in [0.05, 0.1) is 24.9 Å². The molecular formula is C13H17ClN3O3S-. The fraction of sp³-hybridized carbons (Fsp3) is 0.692. The van der Waals surface area contributed by atoms with Crippen molar-refractivity contribution in [2.75, 3.05) is 30.4 Å². The molecule has 1 aromatic rings. The lowest BCUT2D eigenvalue weighted by Gasteiger charge is -2.34. The van der Waals surface area contributed by atoms with Crippen LogP contribution in [0.3, 0.4) is 0 Å². The van der Waals surface area contributed by atoms with Gasteiger partial charge in [-0.25, -0.2) is 9.97 Å². The van der Waals surface area contributed by atoms with Crippen LogP contribution in [-0.2, 0) is 21.2 Å². The molecule has 0 radical (unpaired) electrons. The van der Waals surface area contributed by atoms with Crippen molar-refractivity contribution in [3.05, 3.63) is 17.0 Å². The number of anilines is 1. The third-order valence-electron chi connectivity index (χ3n) is 4.14. The largest absolute Gasteiger partial charge is 0.772 e. The average Bonchev–Trinajstić information content (AvgIpc) is 3.18. The van der Waals surface area contributed by atoms with Crippen molar-refractivity contribution in [2.45, 2.75) is 31.2 Å². The van der Waals surface area contributed by atoms with Gasteiger partial charge in [0.2, 0.25) is 5.28 Å². The molecule has 0 amide bonds. The van der Waals surface area contributed by atoms with E-state index < -0.39 is 11.1 Å². The van der Waals surface area contributed by atoms with E-state index in [1.807, 2.05) is 6.07 Å². The molecule has 1 saturated heterocycles. The van der Waals surface area contributed by atoms with E-state index in [1.165, 1.54) is 0 Å². The first-order chi connectivity index (χ1) is 10.00. The summed E-state index contributed by atoms with van der Waals surface area (Å²) in [4.78, 5) is 10.7. The third-order valence-corrected chi connectivity index (χ3v) is 5.10. The molecule has 116 valence electrons. The highest BCUT2D eigenvalue weighted by Crippen LogP contribution is 2.48. The van der Waals surface area contributed by atoms with Gasteiger partial charge in [-0.05, 0) is 31.4 Å². The highest BCUT2D eigenvalue weighted by Gasteiger charge is 2.46. The monoisotopic (exact) mass is 330 g/mol. The van der Waals surface area contributed by atoms with Crippen LogP contribution in [0.25, 0.3) is 0 Å². The van der Waals surface area contributed by atoms with Gasteiger partial charge < -0.3 is 14.2 Å². The summed E-state index contributed by atoms with van der Waals surface area (Å²) < 4.78 is 27.5. The molecule has 2 atom stereocenters. The fourth-order valence-electron chi connectivity index (χ4n) is 2.74. The Balaban J connectivity index is 1.91. The first kappa shape index (κ1) is 15.1. The minimum atomic E-state index is -2.09. The molecule has 1 aliphatic heterocycles. The van der Waals surface area contributed by atoms with Gasteiger partial charge in [0.15, 0.2) is 0 Å². The Bertz CT molecular complexity index is 568. The van der Waals surface area contributed by atoms with Gasteiger partial charge in [-0.1, -0.05) is 11.1 Å². The van der Waals surface area contributed by atoms with E-state index in [-0.39, 0.29) is 22.5 Å². The van der Waals surface area contributed by atoms with Crippen molar-refractivity contribution in [1.29, 1.82) is 0 Å². The Labute approximate surface area is 131 Å². The Morgan fingerprint density at radius 3 is 2.95 bits per heavy atom. The minimum absolute atomic E-state index is 0.0957. The summed E-state index contributed by atoms with van der Waals surface area (Å²) in [6.07, 6.45) is 1.65. The second-order valence-corrected chi connectivity index (χ2v) is 6.96. The SMILES string of the molecule is C[C@H]1COCCN1c1cc(C2(CS(=O)[O-])CC2)nc(Cl)n1. The zero-order valence-electron chi connectivity index (χ0n) is 11.7. The minimum Gasteiger partial charge on any atom is -0.772 e. The van der Waals surface area contributed by atoms with Crippen molar-refractivity contribution in [3.63, 3.8) is 0 Å². The van der Waals surface area contributed by atoms with Crippen molar-refractivity contribution >= 4 is 28.5 Å². The zero-order valence-corrected chi connectivity index (χ0v) is 13.3. The smallest absolute Gasteiger partial charge is 0.224 e. The van der Waals surface area contributed by atoms with Gasteiger partial charge in [-0.3, -0.25) is 4.21 Å². The number of morpholine rings is 1. The third kappa shape index (κ3) is 3.21. The van der Waals surface area contributed by atoms with Crippen LogP contribution in [0.4, 0.5) is 5.82 Å². The van der Waals surface area contributed by atoms with Crippen LogP contribution >= 0.6 is 11.6 Å². The normalized spacial score (nSPS) is 25.7. The maximum Gasteiger partial charge on any atom is 0.224 e. The standard InChI is InChI=1S/C13H18ClN3O3S/c1-9-7-20-5-4-17(9)11-6-10(15-12(14)16-11)13(2-3-13)8-21(18)19/h6,9H,2-5,7-8H2,1H3,(H,18,19)/p-1/t9-/m0/s1. The molecule has 1 aliphatic carbocycles. The molecule has 6 nitrogen and oxygen atoms in total. The number of hydrogen-bond donors (Lipinski definition) is 0. The molecule has 1 aromatic heterocycles. The maximum atomic E-state index is 11.0. The number of ether oxygens (including phenoxy) is 1. The lowest BCUT2D eigenvalue weighted by molar-refractivity contribution is 0.0985. The lowest BCUT2D eigenvalue weighted by atomic mass is 10.0. The Kier molecular flexibility index (Phi) is 4.18. The van der Waals surface area contributed by atoms with Crippen molar-refractivity contribution in [3.8, 4) is 0 Å². The molecule has 0 aromatic carbocycles. The number of aromatic nitrogens is 2. The summed E-state index contributed by atoms with van der Waals surface area (Å²) in [7, 11) is 0. The molecule has 3 rings (SSSR count). The summed E-state index contributed by atoms with van der Waals surface area (Å²) in [5.41, 5.74) is 0.365. The van der Waals surface area contributed by atoms with Crippen LogP contribution < -0.4 is 4.90 Å². The predicted octanol–water partition coefficient (Wildman–Crippen LogP) is 1.27. The van der Waals surface area contributed by atoms with Crippen LogP contribution in [0.1, 0.15) is 25.5 Å².